The van der Waals surface area contributed by atoms with Crippen LogP contribution in [0.4, 0.5) is 0 Å². The fraction of sp³-hybridized carbons (Fsp3) is 0.500. The molecule has 16 heavy (non-hydrogen) atoms. The maximum Gasteiger partial charge on any atom is 0.338 e. The smallest absolute Gasteiger partial charge is 0.338 e. The van der Waals surface area contributed by atoms with Gasteiger partial charge in [0.1, 0.15) is 0 Å². The van der Waals surface area contributed by atoms with E-state index >= 15 is 0 Å². The Bertz CT molecular complexity index is 331. The Labute approximate surface area is 97.6 Å². The number of aryl methyl sites for hydroxylation is 1. The summed E-state index contributed by atoms with van der Waals surface area (Å²) in [5.41, 5.74) is 1.81. The third-order valence-corrected chi connectivity index (χ3v) is 2.72. The lowest BCUT2D eigenvalue weighted by Gasteiger charge is -2.07. The molecule has 2 nitrogen and oxygen atoms in total. The van der Waals surface area contributed by atoms with Gasteiger partial charge in [-0.2, -0.15) is 0 Å². The highest BCUT2D eigenvalue weighted by atomic mass is 16.5. The number of hydrogen-bond acceptors (Lipinski definition) is 2. The second-order valence-electron chi connectivity index (χ2n) is 3.96. The molecule has 0 bridgehead atoms. The van der Waals surface area contributed by atoms with Gasteiger partial charge in [0.05, 0.1) is 12.7 Å². The number of unbranched alkanes of at least 4 members (excludes halogenated alkanes) is 3. The third kappa shape index (κ3) is 3.69. The average molecular weight is 220 g/mol. The van der Waals surface area contributed by atoms with E-state index in [9.17, 15) is 4.79 Å². The number of esters is 1. The molecule has 0 aliphatic heterocycles. The number of rotatable bonds is 6. The van der Waals surface area contributed by atoms with Crippen LogP contribution < -0.4 is 0 Å². The molecule has 1 rings (SSSR count). The van der Waals surface area contributed by atoms with Crippen LogP contribution in [-0.4, -0.2) is 13.1 Å². The van der Waals surface area contributed by atoms with Gasteiger partial charge in [0.2, 0.25) is 0 Å². The van der Waals surface area contributed by atoms with E-state index in [4.69, 9.17) is 4.74 Å². The fourth-order valence-electron chi connectivity index (χ4n) is 1.79. The van der Waals surface area contributed by atoms with Crippen LogP contribution in [-0.2, 0) is 11.2 Å². The number of carbonyl (C=O) groups excluding carboxylic acids is 1. The molecule has 0 fully saturated rings. The van der Waals surface area contributed by atoms with E-state index in [0.29, 0.717) is 5.56 Å². The van der Waals surface area contributed by atoms with Gasteiger partial charge in [-0.15, -0.1) is 0 Å². The lowest BCUT2D eigenvalue weighted by Crippen LogP contribution is -2.05. The molecule has 0 saturated heterocycles. The maximum absolute atomic E-state index is 11.5. The number of benzene rings is 1. The van der Waals surface area contributed by atoms with Crippen LogP contribution >= 0.6 is 0 Å². The summed E-state index contributed by atoms with van der Waals surface area (Å²) in [4.78, 5) is 11.5. The topological polar surface area (TPSA) is 26.3 Å². The second kappa shape index (κ2) is 7.04. The lowest BCUT2D eigenvalue weighted by molar-refractivity contribution is 0.0599. The molecule has 1 aromatic rings. The molecule has 0 spiro atoms. The van der Waals surface area contributed by atoms with Crippen molar-refractivity contribution >= 4 is 5.97 Å². The van der Waals surface area contributed by atoms with Crippen molar-refractivity contribution in [3.63, 3.8) is 0 Å². The molecular weight excluding hydrogens is 200 g/mol. The summed E-state index contributed by atoms with van der Waals surface area (Å²) in [5, 5.41) is 0. The molecule has 88 valence electrons. The summed E-state index contributed by atoms with van der Waals surface area (Å²) in [7, 11) is 1.43. The van der Waals surface area contributed by atoms with Crippen LogP contribution in [0.2, 0.25) is 0 Å². The van der Waals surface area contributed by atoms with Crippen molar-refractivity contribution in [3.8, 4) is 0 Å². The summed E-state index contributed by atoms with van der Waals surface area (Å²) in [6, 6.07) is 7.70. The molecule has 2 heteroatoms. The average Bonchev–Trinajstić information content (AvgIpc) is 2.34. The Morgan fingerprint density at radius 1 is 1.19 bits per heavy atom. The highest BCUT2D eigenvalue weighted by molar-refractivity contribution is 5.90. The maximum atomic E-state index is 11.5. The van der Waals surface area contributed by atoms with E-state index in [2.05, 4.69) is 6.92 Å². The van der Waals surface area contributed by atoms with Crippen molar-refractivity contribution in [2.75, 3.05) is 7.11 Å². The molecule has 0 N–H and O–H groups in total. The van der Waals surface area contributed by atoms with E-state index in [1.165, 1.54) is 26.4 Å². The van der Waals surface area contributed by atoms with Gasteiger partial charge in [-0.1, -0.05) is 44.4 Å². The molecule has 0 aliphatic carbocycles. The Morgan fingerprint density at radius 3 is 2.62 bits per heavy atom. The van der Waals surface area contributed by atoms with Gasteiger partial charge in [-0.3, -0.25) is 0 Å². The Kier molecular flexibility index (Phi) is 5.62. The van der Waals surface area contributed by atoms with Crippen molar-refractivity contribution in [1.29, 1.82) is 0 Å². The Hall–Kier alpha value is -1.31. The first-order valence-electron chi connectivity index (χ1n) is 5.95. The fourth-order valence-corrected chi connectivity index (χ4v) is 1.79. The monoisotopic (exact) mass is 220 g/mol. The Balaban J connectivity index is 2.60. The SMILES string of the molecule is CCCCCCc1ccccc1C(=O)OC. The van der Waals surface area contributed by atoms with Crippen LogP contribution in [0.1, 0.15) is 48.5 Å². The first kappa shape index (κ1) is 12.8. The van der Waals surface area contributed by atoms with Crippen LogP contribution in [0.5, 0.6) is 0 Å². The summed E-state index contributed by atoms with van der Waals surface area (Å²) < 4.78 is 4.77. The van der Waals surface area contributed by atoms with Gasteiger partial charge in [-0.05, 0) is 24.5 Å². The van der Waals surface area contributed by atoms with E-state index in [-0.39, 0.29) is 5.97 Å². The Morgan fingerprint density at radius 2 is 1.94 bits per heavy atom. The van der Waals surface area contributed by atoms with E-state index in [1.54, 1.807) is 0 Å². The summed E-state index contributed by atoms with van der Waals surface area (Å²) in [5.74, 6) is -0.230. The summed E-state index contributed by atoms with van der Waals surface area (Å²) >= 11 is 0. The van der Waals surface area contributed by atoms with Crippen LogP contribution in [0.25, 0.3) is 0 Å². The molecule has 0 saturated carbocycles. The third-order valence-electron chi connectivity index (χ3n) is 2.72. The number of carbonyl (C=O) groups is 1. The normalized spacial score (nSPS) is 10.1. The zero-order chi connectivity index (χ0) is 11.8. The van der Waals surface area contributed by atoms with Gasteiger partial charge < -0.3 is 4.74 Å². The second-order valence-corrected chi connectivity index (χ2v) is 3.96. The first-order valence-corrected chi connectivity index (χ1v) is 5.95. The van der Waals surface area contributed by atoms with Crippen LogP contribution in [0.15, 0.2) is 24.3 Å². The van der Waals surface area contributed by atoms with E-state index < -0.39 is 0 Å². The predicted octanol–water partition coefficient (Wildman–Crippen LogP) is 3.60. The number of methoxy groups -OCH3 is 1. The zero-order valence-electron chi connectivity index (χ0n) is 10.2. The molecule has 0 amide bonds. The lowest BCUT2D eigenvalue weighted by atomic mass is 10.0. The van der Waals surface area contributed by atoms with Crippen LogP contribution in [0.3, 0.4) is 0 Å². The minimum absolute atomic E-state index is 0.230. The standard InChI is InChI=1S/C14H20O2/c1-3-4-5-6-9-12-10-7-8-11-13(12)14(15)16-2/h7-8,10-11H,3-6,9H2,1-2H3. The molecule has 0 radical (unpaired) electrons. The van der Waals surface area contributed by atoms with Crippen molar-refractivity contribution in [2.24, 2.45) is 0 Å². The minimum atomic E-state index is -0.230. The van der Waals surface area contributed by atoms with Gasteiger partial charge in [0.25, 0.3) is 0 Å². The summed E-state index contributed by atoms with van der Waals surface area (Å²) in [6.07, 6.45) is 5.83. The molecule has 0 aromatic heterocycles. The van der Waals surface area contributed by atoms with Crippen molar-refractivity contribution < 1.29 is 9.53 Å². The molecule has 0 unspecified atom stereocenters. The van der Waals surface area contributed by atoms with Crippen molar-refractivity contribution in [3.05, 3.63) is 35.4 Å². The van der Waals surface area contributed by atoms with Crippen molar-refractivity contribution in [2.45, 2.75) is 39.0 Å². The van der Waals surface area contributed by atoms with Gasteiger partial charge in [0.15, 0.2) is 0 Å². The quantitative estimate of drug-likeness (QED) is 0.541. The highest BCUT2D eigenvalue weighted by Gasteiger charge is 2.09. The zero-order valence-corrected chi connectivity index (χ0v) is 10.2. The van der Waals surface area contributed by atoms with Crippen LogP contribution in [0, 0.1) is 0 Å². The highest BCUT2D eigenvalue weighted by Crippen LogP contribution is 2.14. The minimum Gasteiger partial charge on any atom is -0.465 e. The van der Waals surface area contributed by atoms with Gasteiger partial charge >= 0.3 is 5.97 Å². The summed E-state index contributed by atoms with van der Waals surface area (Å²) in [6.45, 7) is 2.20. The predicted molar refractivity (Wildman–Crippen MR) is 65.6 cm³/mol. The molecule has 0 aliphatic rings. The molecule has 1 aromatic carbocycles. The largest absolute Gasteiger partial charge is 0.465 e. The number of hydrogen-bond donors (Lipinski definition) is 0. The molecular formula is C14H20O2. The van der Waals surface area contributed by atoms with Gasteiger partial charge in [0, 0.05) is 0 Å². The van der Waals surface area contributed by atoms with Crippen molar-refractivity contribution in [1.82, 2.24) is 0 Å². The van der Waals surface area contributed by atoms with E-state index in [0.717, 1.165) is 18.4 Å². The number of ether oxygens (including phenoxy) is 1. The van der Waals surface area contributed by atoms with E-state index in [1.807, 2.05) is 24.3 Å². The first-order chi connectivity index (χ1) is 7.79. The molecule has 0 heterocycles. The van der Waals surface area contributed by atoms with Gasteiger partial charge in [-0.25, -0.2) is 4.79 Å². The molecule has 0 atom stereocenters.